The van der Waals surface area contributed by atoms with Crippen molar-refractivity contribution in [2.75, 3.05) is 20.1 Å². The molecule has 0 aromatic heterocycles. The van der Waals surface area contributed by atoms with E-state index in [4.69, 9.17) is 4.74 Å². The van der Waals surface area contributed by atoms with Gasteiger partial charge in [0.25, 0.3) is 0 Å². The Labute approximate surface area is 170 Å². The van der Waals surface area contributed by atoms with E-state index in [9.17, 15) is 9.59 Å². The third-order valence-electron chi connectivity index (χ3n) is 5.36. The Balaban J connectivity index is 2.00. The van der Waals surface area contributed by atoms with Crippen molar-refractivity contribution in [1.82, 2.24) is 9.80 Å². The van der Waals surface area contributed by atoms with Crippen molar-refractivity contribution in [3.05, 3.63) is 34.9 Å². The van der Waals surface area contributed by atoms with Crippen LogP contribution in [0.1, 0.15) is 69.6 Å². The lowest BCUT2D eigenvalue weighted by molar-refractivity contribution is -0.134. The number of hydrogen-bond donors (Lipinski definition) is 0. The van der Waals surface area contributed by atoms with Crippen LogP contribution in [0.2, 0.25) is 0 Å². The number of aryl methyl sites for hydroxylation is 2. The van der Waals surface area contributed by atoms with Crippen molar-refractivity contribution in [3.63, 3.8) is 0 Å². The Morgan fingerprint density at radius 3 is 2.14 bits per heavy atom. The molecule has 0 bridgehead atoms. The van der Waals surface area contributed by atoms with Crippen LogP contribution in [-0.4, -0.2) is 53.6 Å². The molecule has 156 valence electrons. The maximum Gasteiger partial charge on any atom is 0.410 e. The standard InChI is InChI=1S/C23H36N2O3/c1-8-20(18-14-16(2)13-17(3)15-18)21(26)24(7)19-9-11-25(12-10-19)22(27)28-23(4,5)6/h13-15,19-20H,8-12H2,1-7H3/t20-/m1/s1. The van der Waals surface area contributed by atoms with Gasteiger partial charge in [0.1, 0.15) is 5.60 Å². The van der Waals surface area contributed by atoms with Crippen LogP contribution >= 0.6 is 0 Å². The van der Waals surface area contributed by atoms with Crippen molar-refractivity contribution in [3.8, 4) is 0 Å². The maximum absolute atomic E-state index is 13.2. The summed E-state index contributed by atoms with van der Waals surface area (Å²) in [5, 5.41) is 0. The number of piperidine rings is 1. The van der Waals surface area contributed by atoms with Crippen LogP contribution in [0.3, 0.4) is 0 Å². The van der Waals surface area contributed by atoms with Gasteiger partial charge in [0.2, 0.25) is 5.91 Å². The number of amides is 2. The van der Waals surface area contributed by atoms with Gasteiger partial charge in [0, 0.05) is 26.2 Å². The predicted molar refractivity (Wildman–Crippen MR) is 113 cm³/mol. The molecule has 28 heavy (non-hydrogen) atoms. The minimum Gasteiger partial charge on any atom is -0.444 e. The van der Waals surface area contributed by atoms with Gasteiger partial charge in [0.05, 0.1) is 5.92 Å². The third kappa shape index (κ3) is 5.73. The van der Waals surface area contributed by atoms with E-state index in [0.717, 1.165) is 24.8 Å². The van der Waals surface area contributed by atoms with Crippen molar-refractivity contribution >= 4 is 12.0 Å². The van der Waals surface area contributed by atoms with E-state index < -0.39 is 5.60 Å². The van der Waals surface area contributed by atoms with Crippen LogP contribution in [-0.2, 0) is 9.53 Å². The molecule has 1 atom stereocenters. The molecule has 0 N–H and O–H groups in total. The summed E-state index contributed by atoms with van der Waals surface area (Å²) in [6.45, 7) is 13.1. The molecule has 1 aromatic carbocycles. The Morgan fingerprint density at radius 1 is 1.14 bits per heavy atom. The van der Waals surface area contributed by atoms with E-state index in [1.165, 1.54) is 11.1 Å². The molecule has 2 amide bonds. The first kappa shape index (κ1) is 22.3. The smallest absolute Gasteiger partial charge is 0.410 e. The number of benzene rings is 1. The lowest BCUT2D eigenvalue weighted by Crippen LogP contribution is -2.49. The summed E-state index contributed by atoms with van der Waals surface area (Å²) in [6.07, 6.45) is 2.08. The molecule has 1 fully saturated rings. The lowest BCUT2D eigenvalue weighted by Gasteiger charge is -2.38. The minimum absolute atomic E-state index is 0.118. The first-order valence-corrected chi connectivity index (χ1v) is 10.3. The van der Waals surface area contributed by atoms with Crippen LogP contribution in [0.25, 0.3) is 0 Å². The molecule has 1 heterocycles. The molecule has 0 saturated carbocycles. The molecule has 1 aliphatic heterocycles. The monoisotopic (exact) mass is 388 g/mol. The zero-order valence-electron chi connectivity index (χ0n) is 18.5. The van der Waals surface area contributed by atoms with Gasteiger partial charge in [-0.25, -0.2) is 4.79 Å². The van der Waals surface area contributed by atoms with E-state index in [1.54, 1.807) is 4.90 Å². The highest BCUT2D eigenvalue weighted by atomic mass is 16.6. The van der Waals surface area contributed by atoms with Gasteiger partial charge in [-0.2, -0.15) is 0 Å². The summed E-state index contributed by atoms with van der Waals surface area (Å²) in [7, 11) is 1.90. The average Bonchev–Trinajstić information content (AvgIpc) is 2.59. The number of hydrogen-bond acceptors (Lipinski definition) is 3. The second kappa shape index (κ2) is 8.97. The number of carbonyl (C=O) groups excluding carboxylic acids is 2. The van der Waals surface area contributed by atoms with Crippen molar-refractivity contribution in [1.29, 1.82) is 0 Å². The first-order chi connectivity index (χ1) is 13.0. The number of nitrogens with zero attached hydrogens (tertiary/aromatic N) is 2. The lowest BCUT2D eigenvalue weighted by atomic mass is 9.91. The molecule has 0 aliphatic carbocycles. The SMILES string of the molecule is CC[C@@H](C(=O)N(C)C1CCN(C(=O)OC(C)(C)C)CC1)c1cc(C)cc(C)c1. The Hall–Kier alpha value is -2.04. The first-order valence-electron chi connectivity index (χ1n) is 10.3. The fourth-order valence-electron chi connectivity index (χ4n) is 3.95. The van der Waals surface area contributed by atoms with Gasteiger partial charge in [-0.3, -0.25) is 4.79 Å². The topological polar surface area (TPSA) is 49.9 Å². The molecule has 5 nitrogen and oxygen atoms in total. The molecule has 5 heteroatoms. The molecular weight excluding hydrogens is 352 g/mol. The van der Waals surface area contributed by atoms with Gasteiger partial charge in [-0.1, -0.05) is 36.2 Å². The molecule has 1 aliphatic rings. The molecule has 0 unspecified atom stereocenters. The normalized spacial score (nSPS) is 16.6. The van der Waals surface area contributed by atoms with Crippen LogP contribution in [0.15, 0.2) is 18.2 Å². The molecular formula is C23H36N2O3. The number of likely N-dealkylation sites (N-methyl/N-ethyl adjacent to an activating group) is 1. The van der Waals surface area contributed by atoms with Gasteiger partial charge in [0.15, 0.2) is 0 Å². The van der Waals surface area contributed by atoms with Gasteiger partial charge in [-0.05, 0) is 59.4 Å². The zero-order chi connectivity index (χ0) is 21.1. The fourth-order valence-corrected chi connectivity index (χ4v) is 3.95. The summed E-state index contributed by atoms with van der Waals surface area (Å²) in [4.78, 5) is 29.1. The number of rotatable bonds is 4. The highest BCUT2D eigenvalue weighted by Gasteiger charge is 2.32. The summed E-state index contributed by atoms with van der Waals surface area (Å²) in [6, 6.07) is 6.54. The third-order valence-corrected chi connectivity index (χ3v) is 5.36. The van der Waals surface area contributed by atoms with Crippen LogP contribution in [0.4, 0.5) is 4.79 Å². The highest BCUT2D eigenvalue weighted by Crippen LogP contribution is 2.27. The highest BCUT2D eigenvalue weighted by molar-refractivity contribution is 5.84. The largest absolute Gasteiger partial charge is 0.444 e. The number of carbonyl (C=O) groups is 2. The van der Waals surface area contributed by atoms with E-state index in [0.29, 0.717) is 13.1 Å². The Bertz CT molecular complexity index is 680. The van der Waals surface area contributed by atoms with E-state index in [2.05, 4.69) is 39.0 Å². The molecule has 2 rings (SSSR count). The van der Waals surface area contributed by atoms with Gasteiger partial charge < -0.3 is 14.5 Å². The Morgan fingerprint density at radius 2 is 1.68 bits per heavy atom. The Kier molecular flexibility index (Phi) is 7.13. The molecule has 0 spiro atoms. The maximum atomic E-state index is 13.2. The average molecular weight is 389 g/mol. The van der Waals surface area contributed by atoms with Gasteiger partial charge in [-0.15, -0.1) is 0 Å². The predicted octanol–water partition coefficient (Wildman–Crippen LogP) is 4.65. The summed E-state index contributed by atoms with van der Waals surface area (Å²) < 4.78 is 5.46. The second-order valence-corrected chi connectivity index (χ2v) is 9.03. The number of likely N-dealkylation sites (tertiary alicyclic amines) is 1. The van der Waals surface area contributed by atoms with E-state index in [1.807, 2.05) is 32.7 Å². The zero-order valence-corrected chi connectivity index (χ0v) is 18.5. The van der Waals surface area contributed by atoms with Crippen molar-refractivity contribution in [2.24, 2.45) is 0 Å². The summed E-state index contributed by atoms with van der Waals surface area (Å²) in [5.41, 5.74) is 2.99. The minimum atomic E-state index is -0.485. The number of ether oxygens (including phenoxy) is 1. The van der Waals surface area contributed by atoms with Crippen LogP contribution < -0.4 is 0 Å². The summed E-state index contributed by atoms with van der Waals surface area (Å²) >= 11 is 0. The van der Waals surface area contributed by atoms with Crippen molar-refractivity contribution < 1.29 is 14.3 Å². The second-order valence-electron chi connectivity index (χ2n) is 9.03. The van der Waals surface area contributed by atoms with Crippen molar-refractivity contribution in [2.45, 2.75) is 78.4 Å². The van der Waals surface area contributed by atoms with Crippen LogP contribution in [0, 0.1) is 13.8 Å². The fraction of sp³-hybridized carbons (Fsp3) is 0.652. The molecule has 1 saturated heterocycles. The quantitative estimate of drug-likeness (QED) is 0.754. The van der Waals surface area contributed by atoms with Crippen LogP contribution in [0.5, 0.6) is 0 Å². The van der Waals surface area contributed by atoms with E-state index in [-0.39, 0.29) is 24.0 Å². The van der Waals surface area contributed by atoms with E-state index >= 15 is 0 Å². The molecule has 1 aromatic rings. The summed E-state index contributed by atoms with van der Waals surface area (Å²) in [5.74, 6) is 0.0516. The van der Waals surface area contributed by atoms with Gasteiger partial charge >= 0.3 is 6.09 Å². The molecule has 0 radical (unpaired) electrons.